The van der Waals surface area contributed by atoms with Gasteiger partial charge in [-0.3, -0.25) is 4.79 Å². The molecule has 0 saturated heterocycles. The van der Waals surface area contributed by atoms with Gasteiger partial charge in [-0.25, -0.2) is 0 Å². The zero-order valence-corrected chi connectivity index (χ0v) is 10.7. The number of carbonyl (C=O) groups is 1. The highest BCUT2D eigenvalue weighted by molar-refractivity contribution is 5.84. The van der Waals surface area contributed by atoms with E-state index in [4.69, 9.17) is 0 Å². The monoisotopic (exact) mass is 198 g/mol. The lowest BCUT2D eigenvalue weighted by molar-refractivity contribution is -0.133. The van der Waals surface area contributed by atoms with E-state index < -0.39 is 0 Å². The highest BCUT2D eigenvalue weighted by Gasteiger charge is 2.41. The molecule has 84 valence electrons. The predicted octanol–water partition coefficient (Wildman–Crippen LogP) is 4.21. The van der Waals surface area contributed by atoms with Crippen LogP contribution in [0.5, 0.6) is 0 Å². The maximum atomic E-state index is 12.0. The summed E-state index contributed by atoms with van der Waals surface area (Å²) in [6.45, 7) is 12.9. The molecule has 0 bridgehead atoms. The first kappa shape index (κ1) is 13.7. The number of hydrogen-bond acceptors (Lipinski definition) is 1. The average Bonchev–Trinajstić information content (AvgIpc) is 2.04. The van der Waals surface area contributed by atoms with E-state index in [1.807, 2.05) is 0 Å². The molecular formula is C13H26O. The van der Waals surface area contributed by atoms with Crippen LogP contribution in [0.15, 0.2) is 0 Å². The summed E-state index contributed by atoms with van der Waals surface area (Å²) in [4.78, 5) is 12.0. The fourth-order valence-electron chi connectivity index (χ4n) is 1.85. The zero-order chi connectivity index (χ0) is 11.4. The fourth-order valence-corrected chi connectivity index (χ4v) is 1.85. The highest BCUT2D eigenvalue weighted by Crippen LogP contribution is 2.43. The van der Waals surface area contributed by atoms with Crippen LogP contribution in [0, 0.1) is 10.8 Å². The molecule has 0 radical (unpaired) electrons. The minimum atomic E-state index is -0.182. The first-order valence-corrected chi connectivity index (χ1v) is 5.83. The van der Waals surface area contributed by atoms with Gasteiger partial charge in [-0.2, -0.15) is 0 Å². The molecule has 0 atom stereocenters. The van der Waals surface area contributed by atoms with E-state index in [1.165, 1.54) is 0 Å². The van der Waals surface area contributed by atoms with E-state index in [0.29, 0.717) is 5.78 Å². The van der Waals surface area contributed by atoms with Crippen LogP contribution in [0.3, 0.4) is 0 Å². The van der Waals surface area contributed by atoms with Crippen LogP contribution in [0.4, 0.5) is 0 Å². The lowest BCUT2D eigenvalue weighted by atomic mass is 9.63. The van der Waals surface area contributed by atoms with Crippen molar-refractivity contribution < 1.29 is 4.79 Å². The Hall–Kier alpha value is -0.330. The van der Waals surface area contributed by atoms with E-state index in [9.17, 15) is 4.79 Å². The molecule has 0 amide bonds. The maximum absolute atomic E-state index is 12.0. The molecule has 0 N–H and O–H groups in total. The van der Waals surface area contributed by atoms with Crippen molar-refractivity contribution in [2.75, 3.05) is 0 Å². The van der Waals surface area contributed by atoms with Crippen molar-refractivity contribution in [3.8, 4) is 0 Å². The van der Waals surface area contributed by atoms with Crippen molar-refractivity contribution in [2.45, 2.75) is 67.2 Å². The Labute approximate surface area is 89.3 Å². The average molecular weight is 198 g/mol. The predicted molar refractivity (Wildman–Crippen MR) is 62.4 cm³/mol. The Kier molecular flexibility index (Phi) is 4.83. The number of rotatable bonds is 6. The molecule has 0 heterocycles. The Morgan fingerprint density at radius 3 is 1.86 bits per heavy atom. The largest absolute Gasteiger partial charge is 0.299 e. The molecule has 0 aromatic heterocycles. The summed E-state index contributed by atoms with van der Waals surface area (Å²) in [5, 5.41) is 0. The first-order chi connectivity index (χ1) is 6.29. The summed E-state index contributed by atoms with van der Waals surface area (Å²) in [6, 6.07) is 0. The standard InChI is InChI=1S/C13H26O/c1-7-9-11(14)13(5,6)12(3,4)10-8-2/h7-10H2,1-6H3. The summed E-state index contributed by atoms with van der Waals surface area (Å²) < 4.78 is 0. The molecule has 1 nitrogen and oxygen atoms in total. The topological polar surface area (TPSA) is 17.1 Å². The van der Waals surface area contributed by atoms with Gasteiger partial charge in [-0.15, -0.1) is 0 Å². The Morgan fingerprint density at radius 2 is 1.50 bits per heavy atom. The third-order valence-corrected chi connectivity index (χ3v) is 3.74. The molecule has 0 spiro atoms. The molecule has 0 rings (SSSR count). The van der Waals surface area contributed by atoms with Gasteiger partial charge < -0.3 is 0 Å². The molecule has 0 aromatic carbocycles. The minimum absolute atomic E-state index is 0.119. The van der Waals surface area contributed by atoms with E-state index in [1.54, 1.807) is 0 Å². The van der Waals surface area contributed by atoms with E-state index in [-0.39, 0.29) is 10.8 Å². The lowest BCUT2D eigenvalue weighted by Crippen LogP contribution is -2.39. The molecule has 0 aliphatic rings. The fraction of sp³-hybridized carbons (Fsp3) is 0.923. The number of hydrogen-bond donors (Lipinski definition) is 0. The van der Waals surface area contributed by atoms with Gasteiger partial charge in [0, 0.05) is 11.8 Å². The quantitative estimate of drug-likeness (QED) is 0.625. The molecule has 0 aromatic rings. The van der Waals surface area contributed by atoms with Crippen molar-refractivity contribution in [1.29, 1.82) is 0 Å². The van der Waals surface area contributed by atoms with Crippen LogP contribution >= 0.6 is 0 Å². The SMILES string of the molecule is CCCC(=O)C(C)(C)C(C)(C)CCC. The summed E-state index contributed by atoms with van der Waals surface area (Å²) in [5.74, 6) is 0.415. The van der Waals surface area contributed by atoms with Gasteiger partial charge in [-0.1, -0.05) is 48.0 Å². The second kappa shape index (κ2) is 4.95. The number of carbonyl (C=O) groups excluding carboxylic acids is 1. The maximum Gasteiger partial charge on any atom is 0.139 e. The number of ketones is 1. The molecule has 0 saturated carbocycles. The molecule has 0 fully saturated rings. The Balaban J connectivity index is 4.65. The summed E-state index contributed by atoms with van der Waals surface area (Å²) in [5.41, 5.74) is -0.0625. The van der Waals surface area contributed by atoms with Gasteiger partial charge in [0.2, 0.25) is 0 Å². The minimum Gasteiger partial charge on any atom is -0.299 e. The smallest absolute Gasteiger partial charge is 0.139 e. The van der Waals surface area contributed by atoms with Gasteiger partial charge in [0.25, 0.3) is 0 Å². The second-order valence-corrected chi connectivity index (χ2v) is 5.43. The number of Topliss-reactive ketones (excluding diaryl/α,β-unsaturated/α-hetero) is 1. The van der Waals surface area contributed by atoms with Gasteiger partial charge in [-0.05, 0) is 18.3 Å². The van der Waals surface area contributed by atoms with Crippen LogP contribution in [0.2, 0.25) is 0 Å². The third kappa shape index (κ3) is 2.83. The zero-order valence-electron chi connectivity index (χ0n) is 10.7. The molecule has 0 aliphatic carbocycles. The molecule has 14 heavy (non-hydrogen) atoms. The summed E-state index contributed by atoms with van der Waals surface area (Å²) in [7, 11) is 0. The Bertz CT molecular complexity index is 189. The van der Waals surface area contributed by atoms with E-state index in [2.05, 4.69) is 41.5 Å². The second-order valence-electron chi connectivity index (χ2n) is 5.43. The van der Waals surface area contributed by atoms with E-state index in [0.717, 1.165) is 25.7 Å². The summed E-state index contributed by atoms with van der Waals surface area (Å²) in [6.07, 6.45) is 3.95. The van der Waals surface area contributed by atoms with Gasteiger partial charge in [0.15, 0.2) is 0 Å². The molecule has 1 heteroatoms. The Morgan fingerprint density at radius 1 is 1.00 bits per heavy atom. The first-order valence-electron chi connectivity index (χ1n) is 5.83. The lowest BCUT2D eigenvalue weighted by Gasteiger charge is -2.40. The molecule has 0 unspecified atom stereocenters. The van der Waals surface area contributed by atoms with Crippen LogP contribution in [-0.4, -0.2) is 5.78 Å². The van der Waals surface area contributed by atoms with Crippen molar-refractivity contribution in [3.05, 3.63) is 0 Å². The van der Waals surface area contributed by atoms with Crippen LogP contribution < -0.4 is 0 Å². The normalized spacial score (nSPS) is 13.0. The van der Waals surface area contributed by atoms with E-state index >= 15 is 0 Å². The molecular weight excluding hydrogens is 172 g/mol. The van der Waals surface area contributed by atoms with Crippen molar-refractivity contribution in [3.63, 3.8) is 0 Å². The van der Waals surface area contributed by atoms with Crippen molar-refractivity contribution >= 4 is 5.78 Å². The van der Waals surface area contributed by atoms with Gasteiger partial charge >= 0.3 is 0 Å². The van der Waals surface area contributed by atoms with Gasteiger partial charge in [0.05, 0.1) is 0 Å². The van der Waals surface area contributed by atoms with Crippen molar-refractivity contribution in [1.82, 2.24) is 0 Å². The van der Waals surface area contributed by atoms with Gasteiger partial charge in [0.1, 0.15) is 5.78 Å². The van der Waals surface area contributed by atoms with Crippen LogP contribution in [-0.2, 0) is 4.79 Å². The van der Waals surface area contributed by atoms with Crippen LogP contribution in [0.1, 0.15) is 67.2 Å². The van der Waals surface area contributed by atoms with Crippen molar-refractivity contribution in [2.24, 2.45) is 10.8 Å². The third-order valence-electron chi connectivity index (χ3n) is 3.74. The molecule has 0 aliphatic heterocycles. The highest BCUT2D eigenvalue weighted by atomic mass is 16.1. The summed E-state index contributed by atoms with van der Waals surface area (Å²) >= 11 is 0. The van der Waals surface area contributed by atoms with Crippen LogP contribution in [0.25, 0.3) is 0 Å².